The molecule has 0 fully saturated rings. The van der Waals surface area contributed by atoms with Crippen molar-refractivity contribution in [2.75, 3.05) is 26.4 Å². The molecule has 0 rings (SSSR count). The molecule has 0 aromatic carbocycles. The third kappa shape index (κ3) is 44.8. The van der Waals surface area contributed by atoms with Crippen LogP contribution in [0.2, 0.25) is 0 Å². The average Bonchev–Trinajstić information content (AvgIpc) is 3.22. The number of hydrogen-bond acceptors (Lipinski definition) is 9. The van der Waals surface area contributed by atoms with Crippen molar-refractivity contribution in [1.82, 2.24) is 0 Å². The Labute approximate surface area is 363 Å². The molecule has 0 aliphatic rings. The van der Waals surface area contributed by atoms with Gasteiger partial charge in [-0.05, 0) is 12.8 Å². The molecule has 0 heterocycles. The molecule has 0 aliphatic heterocycles. The molecule has 0 amide bonds. The van der Waals surface area contributed by atoms with Gasteiger partial charge in [0.15, 0.2) is 6.10 Å². The molecule has 59 heavy (non-hydrogen) atoms. The van der Waals surface area contributed by atoms with Crippen molar-refractivity contribution >= 4 is 19.8 Å². The minimum Gasteiger partial charge on any atom is -0.462 e. The number of phosphoric ester groups is 1. The number of rotatable bonds is 48. The fourth-order valence-electron chi connectivity index (χ4n) is 7.45. The normalized spacial score (nSPS) is 13.6. The van der Waals surface area contributed by atoms with Crippen molar-refractivity contribution in [1.29, 1.82) is 0 Å². The number of carbonyl (C=O) groups is 2. The molecule has 3 atom stereocenters. The van der Waals surface area contributed by atoms with Gasteiger partial charge in [-0.1, -0.05) is 232 Å². The van der Waals surface area contributed by atoms with Gasteiger partial charge in [-0.3, -0.25) is 18.6 Å². The van der Waals surface area contributed by atoms with E-state index in [2.05, 4.69) is 11.4 Å². The first-order valence-electron chi connectivity index (χ1n) is 25.0. The number of phosphoric acid groups is 1. The summed E-state index contributed by atoms with van der Waals surface area (Å²) in [6.07, 6.45) is 46.3. The summed E-state index contributed by atoms with van der Waals surface area (Å²) in [6.45, 7) is 2.00. The summed E-state index contributed by atoms with van der Waals surface area (Å²) in [6, 6.07) is 0. The summed E-state index contributed by atoms with van der Waals surface area (Å²) in [5.74, 6) is -0.972. The van der Waals surface area contributed by atoms with Crippen molar-refractivity contribution in [3.8, 4) is 0 Å². The van der Waals surface area contributed by atoms with E-state index in [-0.39, 0.29) is 19.4 Å². The number of ether oxygens (including phenoxy) is 2. The van der Waals surface area contributed by atoms with Crippen molar-refractivity contribution < 1.29 is 47.8 Å². The van der Waals surface area contributed by atoms with E-state index in [1.165, 1.54) is 205 Å². The number of hydrogen-bond donors (Lipinski definition) is 3. The molecule has 0 saturated heterocycles. The first-order chi connectivity index (χ1) is 28.7. The summed E-state index contributed by atoms with van der Waals surface area (Å²) in [4.78, 5) is 34.0. The number of carbonyl (C=O) groups excluding carboxylic acids is 2. The van der Waals surface area contributed by atoms with Crippen molar-refractivity contribution in [3.63, 3.8) is 0 Å². The minimum atomic E-state index is -4.58. The second-order valence-electron chi connectivity index (χ2n) is 17.2. The van der Waals surface area contributed by atoms with Gasteiger partial charge in [0.25, 0.3) is 0 Å². The summed E-state index contributed by atoms with van der Waals surface area (Å²) in [5.41, 5.74) is 0. The lowest BCUT2D eigenvalue weighted by Crippen LogP contribution is -2.29. The third-order valence-electron chi connectivity index (χ3n) is 11.2. The van der Waals surface area contributed by atoms with Gasteiger partial charge in [0.05, 0.1) is 19.8 Å². The lowest BCUT2D eigenvalue weighted by atomic mass is 10.0. The van der Waals surface area contributed by atoms with Crippen molar-refractivity contribution in [2.45, 2.75) is 270 Å². The summed E-state index contributed by atoms with van der Waals surface area (Å²) < 4.78 is 32.0. The van der Waals surface area contributed by atoms with Crippen LogP contribution in [0.15, 0.2) is 0 Å². The van der Waals surface area contributed by atoms with Gasteiger partial charge >= 0.3 is 19.8 Å². The molecule has 1 unspecified atom stereocenters. The van der Waals surface area contributed by atoms with Gasteiger partial charge in [0, 0.05) is 12.8 Å². The Balaban J connectivity index is 3.51. The Morgan fingerprint density at radius 2 is 0.763 bits per heavy atom. The quantitative estimate of drug-likeness (QED) is 0.0306. The van der Waals surface area contributed by atoms with Crippen LogP contribution in [0.5, 0.6) is 0 Å². The highest BCUT2D eigenvalue weighted by Gasteiger charge is 2.27. The number of unbranched alkanes of at least 4 members (excludes halogenated alkanes) is 34. The molecule has 0 aromatic heterocycles. The van der Waals surface area contributed by atoms with Crippen LogP contribution >= 0.6 is 7.82 Å². The minimum absolute atomic E-state index is 0.139. The van der Waals surface area contributed by atoms with Gasteiger partial charge in [-0.25, -0.2) is 4.57 Å². The zero-order chi connectivity index (χ0) is 43.3. The molecule has 0 aliphatic carbocycles. The molecular weight excluding hydrogens is 767 g/mol. The monoisotopic (exact) mass is 863 g/mol. The zero-order valence-electron chi connectivity index (χ0n) is 38.5. The molecule has 3 N–H and O–H groups in total. The van der Waals surface area contributed by atoms with E-state index >= 15 is 0 Å². The van der Waals surface area contributed by atoms with Crippen LogP contribution in [0, 0.1) is 0 Å². The SMILES string of the molecule is CCCCCCCCCCCCCCCCCCCCCCCCCCCCCCCCCCCCCC(=O)OC[C@H](COP(=O)(O)OC[C@@H](O)CO)OC(=O)CCC. The standard InChI is InChI=1S/C48H95O10P/c1-3-5-6-7-8-9-10-11-12-13-14-15-16-17-18-19-20-21-22-23-24-25-26-27-28-29-30-31-32-33-34-35-36-37-38-40-47(51)55-43-46(58-48(52)39-4-2)44-57-59(53,54)56-42-45(50)41-49/h45-46,49-50H,3-44H2,1-2H3,(H,53,54)/t45-,46+/m0/s1. The first kappa shape index (κ1) is 58.0. The van der Waals surface area contributed by atoms with Crippen LogP contribution in [-0.2, 0) is 32.7 Å². The van der Waals surface area contributed by atoms with E-state index < -0.39 is 51.8 Å². The molecule has 352 valence electrons. The fraction of sp³-hybridized carbons (Fsp3) is 0.958. The first-order valence-corrected chi connectivity index (χ1v) is 26.5. The highest BCUT2D eigenvalue weighted by Crippen LogP contribution is 2.43. The highest BCUT2D eigenvalue weighted by atomic mass is 31.2. The fourth-order valence-corrected chi connectivity index (χ4v) is 8.24. The Hall–Kier alpha value is -1.03. The van der Waals surface area contributed by atoms with Gasteiger partial charge in [-0.2, -0.15) is 0 Å². The smallest absolute Gasteiger partial charge is 0.462 e. The Bertz CT molecular complexity index is 951. The van der Waals surface area contributed by atoms with Gasteiger partial charge in [0.1, 0.15) is 12.7 Å². The van der Waals surface area contributed by atoms with E-state index in [0.29, 0.717) is 12.8 Å². The number of aliphatic hydroxyl groups is 2. The lowest BCUT2D eigenvalue weighted by molar-refractivity contribution is -0.161. The maximum atomic E-state index is 12.3. The van der Waals surface area contributed by atoms with E-state index in [1.54, 1.807) is 6.92 Å². The molecular formula is C48H95O10P. The van der Waals surface area contributed by atoms with E-state index in [1.807, 2.05) is 0 Å². The third-order valence-corrected chi connectivity index (χ3v) is 12.2. The van der Waals surface area contributed by atoms with Crippen LogP contribution in [-0.4, -0.2) is 65.7 Å². The topological polar surface area (TPSA) is 149 Å². The molecule has 0 spiro atoms. The Kier molecular flexibility index (Phi) is 44.2. The molecule has 0 aromatic rings. The van der Waals surface area contributed by atoms with Crippen LogP contribution in [0.25, 0.3) is 0 Å². The second-order valence-corrected chi connectivity index (χ2v) is 18.7. The van der Waals surface area contributed by atoms with Crippen LogP contribution < -0.4 is 0 Å². The van der Waals surface area contributed by atoms with Crippen LogP contribution in [0.1, 0.15) is 258 Å². The summed E-state index contributed by atoms with van der Waals surface area (Å²) in [5, 5.41) is 18.1. The maximum Gasteiger partial charge on any atom is 0.472 e. The van der Waals surface area contributed by atoms with Crippen LogP contribution in [0.4, 0.5) is 0 Å². The van der Waals surface area contributed by atoms with E-state index in [0.717, 1.165) is 12.8 Å². The summed E-state index contributed by atoms with van der Waals surface area (Å²) >= 11 is 0. The molecule has 11 heteroatoms. The van der Waals surface area contributed by atoms with Crippen LogP contribution in [0.3, 0.4) is 0 Å². The van der Waals surface area contributed by atoms with E-state index in [4.69, 9.17) is 19.1 Å². The predicted molar refractivity (Wildman–Crippen MR) is 242 cm³/mol. The molecule has 0 saturated carbocycles. The largest absolute Gasteiger partial charge is 0.472 e. The molecule has 10 nitrogen and oxygen atoms in total. The Morgan fingerprint density at radius 3 is 1.08 bits per heavy atom. The predicted octanol–water partition coefficient (Wildman–Crippen LogP) is 13.8. The number of aliphatic hydroxyl groups excluding tert-OH is 2. The van der Waals surface area contributed by atoms with Crippen molar-refractivity contribution in [2.24, 2.45) is 0 Å². The maximum absolute atomic E-state index is 12.3. The highest BCUT2D eigenvalue weighted by molar-refractivity contribution is 7.47. The number of esters is 2. The van der Waals surface area contributed by atoms with Crippen molar-refractivity contribution in [3.05, 3.63) is 0 Å². The molecule has 0 bridgehead atoms. The second kappa shape index (κ2) is 45.0. The van der Waals surface area contributed by atoms with Gasteiger partial charge < -0.3 is 24.6 Å². The van der Waals surface area contributed by atoms with Gasteiger partial charge in [-0.15, -0.1) is 0 Å². The average molecular weight is 863 g/mol. The summed E-state index contributed by atoms with van der Waals surface area (Å²) in [7, 11) is -4.58. The Morgan fingerprint density at radius 1 is 0.441 bits per heavy atom. The lowest BCUT2D eigenvalue weighted by Gasteiger charge is -2.20. The molecule has 0 radical (unpaired) electrons. The van der Waals surface area contributed by atoms with Gasteiger partial charge in [0.2, 0.25) is 0 Å². The zero-order valence-corrected chi connectivity index (χ0v) is 39.4. The van der Waals surface area contributed by atoms with E-state index in [9.17, 15) is 24.2 Å².